The molecule has 0 radical (unpaired) electrons. The number of rotatable bonds is 6. The molecule has 1 aromatic carbocycles. The molecule has 0 bridgehead atoms. The number of hydrogen-bond donors (Lipinski definition) is 1. The van der Waals surface area contributed by atoms with E-state index in [1.807, 2.05) is 6.92 Å². The highest BCUT2D eigenvalue weighted by atomic mass is 19.1. The second-order valence-corrected chi connectivity index (χ2v) is 3.97. The third kappa shape index (κ3) is 2.98. The fraction of sp³-hybridized carbons (Fsp3) is 0.462. The summed E-state index contributed by atoms with van der Waals surface area (Å²) in [7, 11) is 2.78. The molecule has 1 atom stereocenters. The molecule has 1 unspecified atom stereocenters. The van der Waals surface area contributed by atoms with Gasteiger partial charge in [-0.2, -0.15) is 0 Å². The average Bonchev–Trinajstić information content (AvgIpc) is 2.39. The number of carbonyl (C=O) groups excluding carboxylic acids is 1. The second kappa shape index (κ2) is 6.35. The number of para-hydroxylation sites is 1. The molecule has 1 aromatic rings. The Morgan fingerprint density at radius 1 is 1.39 bits per heavy atom. The summed E-state index contributed by atoms with van der Waals surface area (Å²) in [5.41, 5.74) is -0.826. The van der Waals surface area contributed by atoms with Crippen molar-refractivity contribution in [1.29, 1.82) is 0 Å². The summed E-state index contributed by atoms with van der Waals surface area (Å²) in [6.07, 6.45) is 0.418. The Morgan fingerprint density at radius 2 is 2.06 bits per heavy atom. The van der Waals surface area contributed by atoms with Gasteiger partial charge in [-0.05, 0) is 18.6 Å². The zero-order chi connectivity index (χ0) is 13.6. The number of benzene rings is 1. The van der Waals surface area contributed by atoms with Crippen LogP contribution in [0.1, 0.15) is 13.3 Å². The van der Waals surface area contributed by atoms with Gasteiger partial charge < -0.3 is 14.8 Å². The Labute approximate surface area is 106 Å². The van der Waals surface area contributed by atoms with Crippen molar-refractivity contribution in [2.24, 2.45) is 0 Å². The van der Waals surface area contributed by atoms with Crippen LogP contribution in [-0.4, -0.2) is 32.3 Å². The predicted molar refractivity (Wildman–Crippen MR) is 66.9 cm³/mol. The topological polar surface area (TPSA) is 47.6 Å². The molecular weight excluding hydrogens is 237 g/mol. The van der Waals surface area contributed by atoms with Crippen LogP contribution in [0.2, 0.25) is 0 Å². The lowest BCUT2D eigenvalue weighted by molar-refractivity contribution is -0.148. The van der Waals surface area contributed by atoms with E-state index in [4.69, 9.17) is 9.47 Å². The number of nitrogens with one attached hydrogen (secondary N) is 1. The number of halogens is 1. The van der Waals surface area contributed by atoms with Crippen LogP contribution in [0.5, 0.6) is 0 Å². The summed E-state index contributed by atoms with van der Waals surface area (Å²) in [4.78, 5) is 11.9. The zero-order valence-electron chi connectivity index (χ0n) is 10.8. The number of hydrogen-bond acceptors (Lipinski definition) is 4. The standard InChI is InChI=1S/C13H18FNO3/c1-4-13(9-17-2,12(16)18-3)15-11-8-6-5-7-10(11)14/h5-8,15H,4,9H2,1-3H3. The Morgan fingerprint density at radius 3 is 2.56 bits per heavy atom. The van der Waals surface area contributed by atoms with Crippen LogP contribution >= 0.6 is 0 Å². The molecule has 0 aliphatic carbocycles. The quantitative estimate of drug-likeness (QED) is 0.792. The minimum Gasteiger partial charge on any atom is -0.467 e. The molecule has 0 aliphatic heterocycles. The molecule has 0 saturated carbocycles. The van der Waals surface area contributed by atoms with Crippen LogP contribution in [0.15, 0.2) is 24.3 Å². The van der Waals surface area contributed by atoms with Gasteiger partial charge in [0.05, 0.1) is 19.4 Å². The van der Waals surface area contributed by atoms with Gasteiger partial charge in [0.15, 0.2) is 5.54 Å². The lowest BCUT2D eigenvalue weighted by Crippen LogP contribution is -2.50. The molecule has 1 N–H and O–H groups in total. The fourth-order valence-electron chi connectivity index (χ4n) is 1.74. The van der Waals surface area contributed by atoms with Crippen molar-refractivity contribution in [3.8, 4) is 0 Å². The Kier molecular flexibility index (Phi) is 5.09. The fourth-order valence-corrected chi connectivity index (χ4v) is 1.74. The van der Waals surface area contributed by atoms with Crippen LogP contribution in [0.4, 0.5) is 10.1 Å². The summed E-state index contributed by atoms with van der Waals surface area (Å²) in [5.74, 6) is -0.898. The summed E-state index contributed by atoms with van der Waals surface area (Å²) >= 11 is 0. The SMILES string of the molecule is CCC(COC)(Nc1ccccc1F)C(=O)OC. The first kappa shape index (κ1) is 14.4. The third-order valence-electron chi connectivity index (χ3n) is 2.82. The molecular formula is C13H18FNO3. The van der Waals surface area contributed by atoms with E-state index in [0.29, 0.717) is 6.42 Å². The molecule has 0 amide bonds. The van der Waals surface area contributed by atoms with Crippen molar-refractivity contribution in [1.82, 2.24) is 0 Å². The highest BCUT2D eigenvalue weighted by Gasteiger charge is 2.38. The van der Waals surface area contributed by atoms with Crippen molar-refractivity contribution in [2.45, 2.75) is 18.9 Å². The summed E-state index contributed by atoms with van der Waals surface area (Å²) in [5, 5.41) is 2.89. The maximum Gasteiger partial charge on any atom is 0.333 e. The van der Waals surface area contributed by atoms with E-state index in [2.05, 4.69) is 5.32 Å². The minimum absolute atomic E-state index is 0.102. The third-order valence-corrected chi connectivity index (χ3v) is 2.82. The average molecular weight is 255 g/mol. The smallest absolute Gasteiger partial charge is 0.333 e. The lowest BCUT2D eigenvalue weighted by Gasteiger charge is -2.31. The van der Waals surface area contributed by atoms with Gasteiger partial charge in [0.25, 0.3) is 0 Å². The lowest BCUT2D eigenvalue weighted by atomic mass is 9.96. The number of esters is 1. The van der Waals surface area contributed by atoms with Crippen molar-refractivity contribution in [2.75, 3.05) is 26.1 Å². The molecule has 0 heterocycles. The van der Waals surface area contributed by atoms with Crippen LogP contribution in [0.25, 0.3) is 0 Å². The largest absolute Gasteiger partial charge is 0.467 e. The van der Waals surface area contributed by atoms with Crippen LogP contribution < -0.4 is 5.32 Å². The van der Waals surface area contributed by atoms with Gasteiger partial charge in [0.1, 0.15) is 5.82 Å². The highest BCUT2D eigenvalue weighted by molar-refractivity contribution is 5.84. The van der Waals surface area contributed by atoms with E-state index in [-0.39, 0.29) is 12.3 Å². The number of anilines is 1. The Bertz CT molecular complexity index is 411. The molecule has 0 aromatic heterocycles. The van der Waals surface area contributed by atoms with Crippen molar-refractivity contribution >= 4 is 11.7 Å². The van der Waals surface area contributed by atoms with E-state index in [9.17, 15) is 9.18 Å². The zero-order valence-corrected chi connectivity index (χ0v) is 10.8. The summed E-state index contributed by atoms with van der Waals surface area (Å²) in [6, 6.07) is 6.17. The van der Waals surface area contributed by atoms with Crippen LogP contribution in [0.3, 0.4) is 0 Å². The maximum absolute atomic E-state index is 13.6. The number of methoxy groups -OCH3 is 2. The van der Waals surface area contributed by atoms with Gasteiger partial charge in [0, 0.05) is 7.11 Å². The Hall–Kier alpha value is -1.62. The van der Waals surface area contributed by atoms with Crippen LogP contribution in [-0.2, 0) is 14.3 Å². The molecule has 5 heteroatoms. The van der Waals surface area contributed by atoms with E-state index < -0.39 is 17.3 Å². The van der Waals surface area contributed by atoms with Crippen molar-refractivity contribution in [3.63, 3.8) is 0 Å². The van der Waals surface area contributed by atoms with E-state index in [1.54, 1.807) is 18.2 Å². The van der Waals surface area contributed by atoms with E-state index in [0.717, 1.165) is 0 Å². The maximum atomic E-state index is 13.6. The van der Waals surface area contributed by atoms with Gasteiger partial charge in [-0.15, -0.1) is 0 Å². The van der Waals surface area contributed by atoms with Gasteiger partial charge >= 0.3 is 5.97 Å². The molecule has 4 nitrogen and oxygen atoms in total. The monoisotopic (exact) mass is 255 g/mol. The number of carbonyl (C=O) groups is 1. The predicted octanol–water partition coefficient (Wildman–Crippen LogP) is 2.21. The van der Waals surface area contributed by atoms with Gasteiger partial charge in [-0.25, -0.2) is 9.18 Å². The minimum atomic E-state index is -1.08. The summed E-state index contributed by atoms with van der Waals surface area (Å²) in [6.45, 7) is 1.91. The second-order valence-electron chi connectivity index (χ2n) is 3.97. The first-order chi connectivity index (χ1) is 8.59. The van der Waals surface area contributed by atoms with Gasteiger partial charge in [-0.3, -0.25) is 0 Å². The van der Waals surface area contributed by atoms with E-state index >= 15 is 0 Å². The van der Waals surface area contributed by atoms with Gasteiger partial charge in [-0.1, -0.05) is 19.1 Å². The Balaban J connectivity index is 3.04. The summed E-state index contributed by atoms with van der Waals surface area (Å²) < 4.78 is 23.4. The molecule has 18 heavy (non-hydrogen) atoms. The first-order valence-corrected chi connectivity index (χ1v) is 5.69. The molecule has 0 fully saturated rings. The van der Waals surface area contributed by atoms with Gasteiger partial charge in [0.2, 0.25) is 0 Å². The molecule has 0 saturated heterocycles. The van der Waals surface area contributed by atoms with E-state index in [1.165, 1.54) is 20.3 Å². The molecule has 0 spiro atoms. The highest BCUT2D eigenvalue weighted by Crippen LogP contribution is 2.23. The molecule has 0 aliphatic rings. The molecule has 100 valence electrons. The van der Waals surface area contributed by atoms with Crippen molar-refractivity contribution in [3.05, 3.63) is 30.1 Å². The van der Waals surface area contributed by atoms with Crippen LogP contribution in [0, 0.1) is 5.82 Å². The first-order valence-electron chi connectivity index (χ1n) is 5.69. The molecule has 1 rings (SSSR count). The normalized spacial score (nSPS) is 13.8. The number of ether oxygens (including phenoxy) is 2. The van der Waals surface area contributed by atoms with Crippen molar-refractivity contribution < 1.29 is 18.7 Å².